The lowest BCUT2D eigenvalue weighted by Gasteiger charge is -2.29. The first-order chi connectivity index (χ1) is 8.16. The van der Waals surface area contributed by atoms with Crippen molar-refractivity contribution < 1.29 is 0 Å². The Morgan fingerprint density at radius 2 is 1.88 bits per heavy atom. The smallest absolute Gasteiger partial charge is 0.173 e. The fourth-order valence-electron chi connectivity index (χ4n) is 2.16. The van der Waals surface area contributed by atoms with Crippen LogP contribution in [0.5, 0.6) is 0 Å². The molecule has 0 unspecified atom stereocenters. The molecule has 0 saturated carbocycles. The van der Waals surface area contributed by atoms with E-state index in [0.29, 0.717) is 0 Å². The molecular formula is C14H20N2S. The summed E-state index contributed by atoms with van der Waals surface area (Å²) in [6.07, 6.45) is 3.85. The quantitative estimate of drug-likeness (QED) is 0.766. The van der Waals surface area contributed by atoms with Gasteiger partial charge in [-0.25, -0.2) is 0 Å². The Balaban J connectivity index is 2.04. The molecule has 0 radical (unpaired) electrons. The normalized spacial score (nSPS) is 15.8. The fraction of sp³-hybridized carbons (Fsp3) is 0.500. The van der Waals surface area contributed by atoms with Crippen LogP contribution in [-0.4, -0.2) is 23.1 Å². The molecule has 2 nitrogen and oxygen atoms in total. The van der Waals surface area contributed by atoms with E-state index in [1.54, 1.807) is 0 Å². The second-order valence-electron chi connectivity index (χ2n) is 4.80. The van der Waals surface area contributed by atoms with E-state index in [9.17, 15) is 0 Å². The third kappa shape index (κ3) is 3.19. The third-order valence-electron chi connectivity index (χ3n) is 3.28. The first-order valence-electron chi connectivity index (χ1n) is 6.30. The van der Waals surface area contributed by atoms with Crippen LogP contribution in [0.1, 0.15) is 30.4 Å². The molecule has 92 valence electrons. The number of likely N-dealkylation sites (tertiary alicyclic amines) is 1. The molecule has 1 fully saturated rings. The molecule has 1 heterocycles. The molecule has 2 rings (SSSR count). The molecule has 1 N–H and O–H groups in total. The van der Waals surface area contributed by atoms with E-state index >= 15 is 0 Å². The van der Waals surface area contributed by atoms with E-state index < -0.39 is 0 Å². The zero-order valence-corrected chi connectivity index (χ0v) is 11.4. The molecule has 1 aliphatic rings. The third-order valence-corrected chi connectivity index (χ3v) is 3.64. The van der Waals surface area contributed by atoms with Gasteiger partial charge >= 0.3 is 0 Å². The maximum atomic E-state index is 5.47. The van der Waals surface area contributed by atoms with Crippen molar-refractivity contribution in [2.75, 3.05) is 18.4 Å². The number of benzene rings is 1. The number of aryl methyl sites for hydroxylation is 2. The summed E-state index contributed by atoms with van der Waals surface area (Å²) in [5, 5.41) is 4.25. The molecule has 0 aliphatic carbocycles. The number of hydrogen-bond acceptors (Lipinski definition) is 1. The molecule has 1 saturated heterocycles. The number of thiocarbonyl (C=S) groups is 1. The van der Waals surface area contributed by atoms with Gasteiger partial charge in [-0.3, -0.25) is 0 Å². The van der Waals surface area contributed by atoms with Crippen molar-refractivity contribution in [2.45, 2.75) is 33.1 Å². The van der Waals surface area contributed by atoms with Gasteiger partial charge in [-0.2, -0.15) is 0 Å². The molecule has 0 bridgehead atoms. The minimum Gasteiger partial charge on any atom is -0.349 e. The van der Waals surface area contributed by atoms with E-state index in [0.717, 1.165) is 23.9 Å². The van der Waals surface area contributed by atoms with Gasteiger partial charge in [0.15, 0.2) is 5.11 Å². The summed E-state index contributed by atoms with van der Waals surface area (Å²) in [5.74, 6) is 0. The molecule has 1 aromatic rings. The number of nitrogens with zero attached hydrogens (tertiary/aromatic N) is 1. The highest BCUT2D eigenvalue weighted by atomic mass is 32.1. The zero-order valence-electron chi connectivity index (χ0n) is 10.6. The van der Waals surface area contributed by atoms with Gasteiger partial charge in [0.1, 0.15) is 0 Å². The van der Waals surface area contributed by atoms with Crippen LogP contribution in [0.4, 0.5) is 5.69 Å². The van der Waals surface area contributed by atoms with Crippen molar-refractivity contribution in [2.24, 2.45) is 0 Å². The predicted octanol–water partition coefficient (Wildman–Crippen LogP) is 3.49. The summed E-state index contributed by atoms with van der Waals surface area (Å²) in [7, 11) is 0. The standard InChI is InChI=1S/C14H20N2S/c1-11-6-7-12(2)13(10-11)15-14(17)16-8-4-3-5-9-16/h6-7,10H,3-5,8-9H2,1-2H3,(H,15,17). The Morgan fingerprint density at radius 1 is 1.18 bits per heavy atom. The van der Waals surface area contributed by atoms with Crippen molar-refractivity contribution in [3.8, 4) is 0 Å². The zero-order chi connectivity index (χ0) is 12.3. The van der Waals surface area contributed by atoms with Gasteiger partial charge in [0.05, 0.1) is 0 Å². The summed E-state index contributed by atoms with van der Waals surface area (Å²) >= 11 is 5.47. The Hall–Kier alpha value is -1.09. The average Bonchev–Trinajstić information content (AvgIpc) is 2.35. The van der Waals surface area contributed by atoms with Crippen LogP contribution < -0.4 is 5.32 Å². The first-order valence-corrected chi connectivity index (χ1v) is 6.71. The topological polar surface area (TPSA) is 15.3 Å². The maximum Gasteiger partial charge on any atom is 0.173 e. The van der Waals surface area contributed by atoms with Crippen LogP contribution in [0.25, 0.3) is 0 Å². The predicted molar refractivity (Wildman–Crippen MR) is 77.6 cm³/mol. The molecule has 1 aromatic carbocycles. The molecule has 0 atom stereocenters. The van der Waals surface area contributed by atoms with Gasteiger partial charge in [0.25, 0.3) is 0 Å². The average molecular weight is 248 g/mol. The van der Waals surface area contributed by atoms with Crippen molar-refractivity contribution in [3.63, 3.8) is 0 Å². The van der Waals surface area contributed by atoms with Crippen LogP contribution in [0.3, 0.4) is 0 Å². The van der Waals surface area contributed by atoms with Crippen LogP contribution >= 0.6 is 12.2 Å². The Kier molecular flexibility index (Phi) is 4.00. The number of anilines is 1. The van der Waals surface area contributed by atoms with Crippen LogP contribution in [0, 0.1) is 13.8 Å². The van der Waals surface area contributed by atoms with Gasteiger partial charge in [0, 0.05) is 18.8 Å². The minimum absolute atomic E-state index is 0.874. The molecule has 0 amide bonds. The van der Waals surface area contributed by atoms with Crippen molar-refractivity contribution >= 4 is 23.0 Å². The number of hydrogen-bond donors (Lipinski definition) is 1. The van der Waals surface area contributed by atoms with Crippen LogP contribution in [0.2, 0.25) is 0 Å². The molecule has 0 aromatic heterocycles. The highest BCUT2D eigenvalue weighted by Crippen LogP contribution is 2.18. The highest BCUT2D eigenvalue weighted by Gasteiger charge is 2.13. The van der Waals surface area contributed by atoms with Crippen molar-refractivity contribution in [3.05, 3.63) is 29.3 Å². The monoisotopic (exact) mass is 248 g/mol. The van der Waals surface area contributed by atoms with Crippen molar-refractivity contribution in [1.82, 2.24) is 4.90 Å². The summed E-state index contributed by atoms with van der Waals surface area (Å²) in [5.41, 5.74) is 3.65. The van der Waals surface area contributed by atoms with E-state index in [1.165, 1.54) is 30.4 Å². The molecule has 17 heavy (non-hydrogen) atoms. The lowest BCUT2D eigenvalue weighted by atomic mass is 10.1. The maximum absolute atomic E-state index is 5.47. The van der Waals surface area contributed by atoms with E-state index in [2.05, 4.69) is 42.3 Å². The first kappa shape index (κ1) is 12.4. The minimum atomic E-state index is 0.874. The summed E-state index contributed by atoms with van der Waals surface area (Å²) in [6, 6.07) is 6.42. The van der Waals surface area contributed by atoms with Gasteiger partial charge in [-0.05, 0) is 62.5 Å². The molecule has 1 aliphatic heterocycles. The van der Waals surface area contributed by atoms with Gasteiger partial charge in [0.2, 0.25) is 0 Å². The van der Waals surface area contributed by atoms with E-state index in [-0.39, 0.29) is 0 Å². The van der Waals surface area contributed by atoms with Gasteiger partial charge in [-0.1, -0.05) is 12.1 Å². The Bertz CT molecular complexity index is 409. The fourth-order valence-corrected chi connectivity index (χ4v) is 2.45. The molecular weight excluding hydrogens is 228 g/mol. The van der Waals surface area contributed by atoms with Crippen LogP contribution in [0.15, 0.2) is 18.2 Å². The van der Waals surface area contributed by atoms with Gasteiger partial charge in [-0.15, -0.1) is 0 Å². The lowest BCUT2D eigenvalue weighted by Crippen LogP contribution is -2.38. The Labute approximate surface area is 109 Å². The molecule has 3 heteroatoms. The van der Waals surface area contributed by atoms with E-state index in [4.69, 9.17) is 12.2 Å². The van der Waals surface area contributed by atoms with Gasteiger partial charge < -0.3 is 10.2 Å². The summed E-state index contributed by atoms with van der Waals surface area (Å²) in [4.78, 5) is 2.28. The van der Waals surface area contributed by atoms with E-state index in [1.807, 2.05) is 0 Å². The highest BCUT2D eigenvalue weighted by molar-refractivity contribution is 7.80. The SMILES string of the molecule is Cc1ccc(C)c(NC(=S)N2CCCCC2)c1. The summed E-state index contributed by atoms with van der Waals surface area (Å²) in [6.45, 7) is 6.41. The number of rotatable bonds is 1. The molecule has 0 spiro atoms. The van der Waals surface area contributed by atoms with Crippen LogP contribution in [-0.2, 0) is 0 Å². The van der Waals surface area contributed by atoms with Crippen molar-refractivity contribution in [1.29, 1.82) is 0 Å². The second-order valence-corrected chi connectivity index (χ2v) is 5.18. The lowest BCUT2D eigenvalue weighted by molar-refractivity contribution is 0.346. The number of nitrogens with one attached hydrogen (secondary N) is 1. The Morgan fingerprint density at radius 3 is 2.59 bits per heavy atom. The summed E-state index contributed by atoms with van der Waals surface area (Å²) < 4.78 is 0. The second kappa shape index (κ2) is 5.50. The number of piperidine rings is 1. The largest absolute Gasteiger partial charge is 0.349 e.